The van der Waals surface area contributed by atoms with E-state index < -0.39 is 46.3 Å². The SMILES string of the molecule is Cc1ncccc1-n1c(=O)[nH]c(=O)c2c(OC(F)F)cc(C(F)(F)F)cc21. The van der Waals surface area contributed by atoms with Crippen molar-refractivity contribution >= 4 is 10.9 Å². The molecule has 6 nitrogen and oxygen atoms in total. The Balaban J connectivity index is 2.53. The van der Waals surface area contributed by atoms with Crippen molar-refractivity contribution in [2.45, 2.75) is 19.7 Å². The number of H-pyrrole nitrogens is 1. The monoisotopic (exact) mass is 387 g/mol. The molecule has 0 aliphatic rings. The normalized spacial score (nSPS) is 12.0. The number of aryl methyl sites for hydroxylation is 1. The van der Waals surface area contributed by atoms with E-state index in [1.165, 1.54) is 25.3 Å². The van der Waals surface area contributed by atoms with Crippen LogP contribution in [0, 0.1) is 6.92 Å². The summed E-state index contributed by atoms with van der Waals surface area (Å²) < 4.78 is 69.9. The van der Waals surface area contributed by atoms with Gasteiger partial charge in [0.2, 0.25) is 0 Å². The molecule has 0 radical (unpaired) electrons. The van der Waals surface area contributed by atoms with Crippen LogP contribution < -0.4 is 16.0 Å². The predicted molar refractivity (Wildman–Crippen MR) is 84.3 cm³/mol. The molecule has 0 unspecified atom stereocenters. The molecule has 0 saturated heterocycles. The minimum absolute atomic E-state index is 0.0751. The summed E-state index contributed by atoms with van der Waals surface area (Å²) in [7, 11) is 0. The van der Waals surface area contributed by atoms with E-state index in [-0.39, 0.29) is 17.4 Å². The van der Waals surface area contributed by atoms with Crippen molar-refractivity contribution < 1.29 is 26.7 Å². The minimum atomic E-state index is -4.93. The lowest BCUT2D eigenvalue weighted by atomic mass is 10.1. The van der Waals surface area contributed by atoms with E-state index in [2.05, 4.69) is 9.72 Å². The van der Waals surface area contributed by atoms with Crippen LogP contribution >= 0.6 is 0 Å². The Kier molecular flexibility index (Phi) is 4.46. The molecular weight excluding hydrogens is 377 g/mol. The third-order valence-electron chi connectivity index (χ3n) is 3.74. The fraction of sp³-hybridized carbons (Fsp3) is 0.188. The number of ether oxygens (including phenoxy) is 1. The predicted octanol–water partition coefficient (Wildman–Crippen LogP) is 3.00. The Bertz CT molecular complexity index is 1130. The average Bonchev–Trinajstić information content (AvgIpc) is 2.54. The zero-order chi connectivity index (χ0) is 19.9. The van der Waals surface area contributed by atoms with Gasteiger partial charge in [0.15, 0.2) is 0 Å². The van der Waals surface area contributed by atoms with E-state index in [1.54, 1.807) is 0 Å². The van der Waals surface area contributed by atoms with Crippen LogP contribution in [-0.2, 0) is 6.18 Å². The summed E-state index contributed by atoms with van der Waals surface area (Å²) >= 11 is 0. The number of halogens is 5. The zero-order valence-electron chi connectivity index (χ0n) is 13.5. The Morgan fingerprint density at radius 1 is 1.22 bits per heavy atom. The maximum atomic E-state index is 13.2. The lowest BCUT2D eigenvalue weighted by Crippen LogP contribution is -2.30. The number of nitrogens with zero attached hydrogens (tertiary/aromatic N) is 2. The number of fused-ring (bicyclic) bond motifs is 1. The number of rotatable bonds is 3. The Morgan fingerprint density at radius 2 is 1.93 bits per heavy atom. The second-order valence-corrected chi connectivity index (χ2v) is 5.45. The molecule has 0 aliphatic heterocycles. The van der Waals surface area contributed by atoms with E-state index in [4.69, 9.17) is 0 Å². The van der Waals surface area contributed by atoms with Crippen LogP contribution in [0.25, 0.3) is 16.6 Å². The van der Waals surface area contributed by atoms with Crippen LogP contribution in [0.5, 0.6) is 5.75 Å². The first-order valence-electron chi connectivity index (χ1n) is 7.36. The molecule has 142 valence electrons. The van der Waals surface area contributed by atoms with Crippen LogP contribution in [-0.4, -0.2) is 21.1 Å². The van der Waals surface area contributed by atoms with Gasteiger partial charge in [-0.2, -0.15) is 22.0 Å². The molecule has 11 heteroatoms. The molecule has 0 bridgehead atoms. The van der Waals surface area contributed by atoms with E-state index in [9.17, 15) is 31.5 Å². The van der Waals surface area contributed by atoms with Crippen molar-refractivity contribution in [2.24, 2.45) is 0 Å². The highest BCUT2D eigenvalue weighted by atomic mass is 19.4. The first kappa shape index (κ1) is 18.5. The summed E-state index contributed by atoms with van der Waals surface area (Å²) in [5.74, 6) is -0.994. The molecule has 0 spiro atoms. The molecular formula is C16H10F5N3O3. The summed E-state index contributed by atoms with van der Waals surface area (Å²) in [5.41, 5.74) is -3.76. The number of hydrogen-bond acceptors (Lipinski definition) is 4. The first-order valence-corrected chi connectivity index (χ1v) is 7.36. The van der Waals surface area contributed by atoms with Gasteiger partial charge in [0.05, 0.1) is 22.5 Å². The molecule has 2 aromatic heterocycles. The fourth-order valence-corrected chi connectivity index (χ4v) is 2.63. The van der Waals surface area contributed by atoms with Gasteiger partial charge in [-0.05, 0) is 31.2 Å². The molecule has 2 heterocycles. The quantitative estimate of drug-likeness (QED) is 0.701. The largest absolute Gasteiger partial charge is 0.434 e. The molecule has 1 aromatic carbocycles. The van der Waals surface area contributed by atoms with Crippen molar-refractivity contribution in [2.75, 3.05) is 0 Å². The van der Waals surface area contributed by atoms with Crippen molar-refractivity contribution in [1.29, 1.82) is 0 Å². The first-order chi connectivity index (χ1) is 12.6. The van der Waals surface area contributed by atoms with Gasteiger partial charge in [-0.25, -0.2) is 4.79 Å². The second kappa shape index (κ2) is 6.49. The molecule has 0 amide bonds. The maximum Gasteiger partial charge on any atom is 0.416 e. The van der Waals surface area contributed by atoms with Crippen LogP contribution in [0.1, 0.15) is 11.3 Å². The van der Waals surface area contributed by atoms with Gasteiger partial charge < -0.3 is 4.74 Å². The van der Waals surface area contributed by atoms with Crippen LogP contribution in [0.4, 0.5) is 22.0 Å². The van der Waals surface area contributed by atoms with E-state index in [1.807, 2.05) is 4.98 Å². The standard InChI is InChI=1S/C16H10F5N3O3/c1-7-9(3-2-4-22-7)24-10-5-8(16(19,20)21)6-11(27-14(17)18)12(10)13(25)23-15(24)26/h2-6,14H,1H3,(H,23,25,26). The van der Waals surface area contributed by atoms with E-state index in [0.29, 0.717) is 6.07 Å². The minimum Gasteiger partial charge on any atom is -0.434 e. The van der Waals surface area contributed by atoms with Gasteiger partial charge in [0, 0.05) is 6.20 Å². The van der Waals surface area contributed by atoms with Crippen LogP contribution in [0.2, 0.25) is 0 Å². The van der Waals surface area contributed by atoms with Gasteiger partial charge in [0.25, 0.3) is 5.56 Å². The van der Waals surface area contributed by atoms with Crippen LogP contribution in [0.3, 0.4) is 0 Å². The van der Waals surface area contributed by atoms with Crippen molar-refractivity contribution in [1.82, 2.24) is 14.5 Å². The molecule has 0 atom stereocenters. The molecule has 27 heavy (non-hydrogen) atoms. The lowest BCUT2D eigenvalue weighted by Gasteiger charge is -2.16. The molecule has 0 saturated carbocycles. The number of pyridine rings is 1. The van der Waals surface area contributed by atoms with E-state index in [0.717, 1.165) is 4.57 Å². The lowest BCUT2D eigenvalue weighted by molar-refractivity contribution is -0.137. The van der Waals surface area contributed by atoms with Gasteiger partial charge >= 0.3 is 18.5 Å². The average molecular weight is 387 g/mol. The molecule has 3 aromatic rings. The number of alkyl halides is 5. The summed E-state index contributed by atoms with van der Waals surface area (Å²) in [4.78, 5) is 30.3. The Labute approximate surface area is 146 Å². The van der Waals surface area contributed by atoms with E-state index >= 15 is 0 Å². The van der Waals surface area contributed by atoms with Gasteiger partial charge in [-0.1, -0.05) is 0 Å². The van der Waals surface area contributed by atoms with Crippen molar-refractivity contribution in [3.63, 3.8) is 0 Å². The topological polar surface area (TPSA) is 77.0 Å². The number of nitrogens with one attached hydrogen (secondary N) is 1. The highest BCUT2D eigenvalue weighted by Crippen LogP contribution is 2.36. The second-order valence-electron chi connectivity index (χ2n) is 5.45. The number of hydrogen-bond donors (Lipinski definition) is 1. The molecule has 3 rings (SSSR count). The van der Waals surface area contributed by atoms with Gasteiger partial charge in [0.1, 0.15) is 11.1 Å². The highest BCUT2D eigenvalue weighted by Gasteiger charge is 2.33. The Hall–Kier alpha value is -3.24. The summed E-state index contributed by atoms with van der Waals surface area (Å²) in [5, 5.41) is -0.619. The van der Waals surface area contributed by atoms with Gasteiger partial charge in [-0.3, -0.25) is 19.3 Å². The fourth-order valence-electron chi connectivity index (χ4n) is 2.63. The molecule has 1 N–H and O–H groups in total. The number of aromatic amines is 1. The highest BCUT2D eigenvalue weighted by molar-refractivity contribution is 5.87. The van der Waals surface area contributed by atoms with Crippen LogP contribution in [0.15, 0.2) is 40.1 Å². The van der Waals surface area contributed by atoms with Crippen molar-refractivity contribution in [3.05, 3.63) is 62.6 Å². The third kappa shape index (κ3) is 3.39. The molecule has 0 aliphatic carbocycles. The summed E-state index contributed by atoms with van der Waals surface area (Å²) in [6.07, 6.45) is -3.54. The summed E-state index contributed by atoms with van der Waals surface area (Å²) in [6.45, 7) is -1.99. The third-order valence-corrected chi connectivity index (χ3v) is 3.74. The van der Waals surface area contributed by atoms with Crippen molar-refractivity contribution in [3.8, 4) is 11.4 Å². The smallest absolute Gasteiger partial charge is 0.416 e. The number of aromatic nitrogens is 3. The molecule has 0 fully saturated rings. The maximum absolute atomic E-state index is 13.2. The summed E-state index contributed by atoms with van der Waals surface area (Å²) in [6, 6.07) is 3.62. The Morgan fingerprint density at radius 3 is 2.52 bits per heavy atom. The number of benzene rings is 1. The van der Waals surface area contributed by atoms with Gasteiger partial charge in [-0.15, -0.1) is 0 Å². The zero-order valence-corrected chi connectivity index (χ0v) is 13.5.